The first-order valence-electron chi connectivity index (χ1n) is 6.33. The van der Waals surface area contributed by atoms with Gasteiger partial charge in [-0.2, -0.15) is 0 Å². The van der Waals surface area contributed by atoms with Gasteiger partial charge in [-0.3, -0.25) is 4.72 Å². The van der Waals surface area contributed by atoms with Crippen molar-refractivity contribution in [2.24, 2.45) is 0 Å². The predicted octanol–water partition coefficient (Wildman–Crippen LogP) is -0.121. The maximum Gasteiger partial charge on any atom is 0.490 e. The Hall–Kier alpha value is -2.10. The zero-order chi connectivity index (χ0) is 16.3. The minimum absolute atomic E-state index is 0.0219. The zero-order valence-electron chi connectivity index (χ0n) is 12.0. The van der Waals surface area contributed by atoms with E-state index in [0.717, 1.165) is 5.56 Å². The summed E-state index contributed by atoms with van der Waals surface area (Å²) in [6.07, 6.45) is 1.19. The number of rotatable bonds is 5. The van der Waals surface area contributed by atoms with Crippen LogP contribution in [-0.2, 0) is 10.0 Å². The number of hydrogen-bond donors (Lipinski definition) is 3. The Balaban J connectivity index is 2.40. The number of aromatic nitrogens is 1. The van der Waals surface area contributed by atoms with Crippen LogP contribution in [0.3, 0.4) is 0 Å². The predicted molar refractivity (Wildman–Crippen MR) is 82.6 cm³/mol. The van der Waals surface area contributed by atoms with Crippen molar-refractivity contribution in [2.75, 3.05) is 11.8 Å². The van der Waals surface area contributed by atoms with Gasteiger partial charge in [-0.1, -0.05) is 17.7 Å². The average Bonchev–Trinajstić information content (AvgIpc) is 2.47. The number of methoxy groups -OCH3 is 1. The largest absolute Gasteiger partial charge is 0.490 e. The molecule has 0 spiro atoms. The molecule has 22 heavy (non-hydrogen) atoms. The minimum atomic E-state index is -3.84. The molecule has 1 aromatic carbocycles. The molecule has 0 aliphatic carbocycles. The first-order chi connectivity index (χ1) is 10.3. The molecule has 0 unspecified atom stereocenters. The molecule has 1 heterocycles. The molecule has 116 valence electrons. The van der Waals surface area contributed by atoms with Crippen LogP contribution < -0.4 is 14.9 Å². The lowest BCUT2D eigenvalue weighted by molar-refractivity contribution is 0.399. The fourth-order valence-corrected chi connectivity index (χ4v) is 2.81. The molecule has 9 heteroatoms. The molecule has 0 fully saturated rings. The molecule has 7 nitrogen and oxygen atoms in total. The summed E-state index contributed by atoms with van der Waals surface area (Å²) in [6, 6.07) is 7.56. The number of ether oxygens (including phenoxy) is 1. The third-order valence-electron chi connectivity index (χ3n) is 2.94. The van der Waals surface area contributed by atoms with Crippen LogP contribution in [0.1, 0.15) is 5.56 Å². The molecule has 0 saturated heterocycles. The Labute approximate surface area is 128 Å². The van der Waals surface area contributed by atoms with E-state index in [1.165, 1.54) is 31.5 Å². The summed E-state index contributed by atoms with van der Waals surface area (Å²) in [4.78, 5) is 3.92. The summed E-state index contributed by atoms with van der Waals surface area (Å²) in [6.45, 7) is 1.85. The van der Waals surface area contributed by atoms with Gasteiger partial charge in [0.25, 0.3) is 10.0 Å². The van der Waals surface area contributed by atoms with E-state index in [9.17, 15) is 8.42 Å². The Morgan fingerprint density at radius 3 is 2.41 bits per heavy atom. The van der Waals surface area contributed by atoms with E-state index in [-0.39, 0.29) is 21.9 Å². The number of pyridine rings is 1. The molecule has 0 amide bonds. The first-order valence-corrected chi connectivity index (χ1v) is 7.81. The number of sulfonamides is 1. The minimum Gasteiger partial charge on any atom is -0.480 e. The number of hydrogen-bond acceptors (Lipinski definition) is 6. The molecule has 2 rings (SSSR count). The maximum absolute atomic E-state index is 12.3. The standard InChI is InChI=1S/C13H15BN2O5S/c1-9-3-5-11(6-4-9)22(19,20)16-12-7-10(14(17)18)8-15-13(12)21-2/h3-8,16-18H,1-2H3. The molecule has 0 saturated carbocycles. The van der Waals surface area contributed by atoms with Gasteiger partial charge in [0.2, 0.25) is 5.88 Å². The van der Waals surface area contributed by atoms with Crippen LogP contribution in [0.5, 0.6) is 5.88 Å². The van der Waals surface area contributed by atoms with Crippen molar-refractivity contribution in [1.82, 2.24) is 4.98 Å². The number of nitrogens with one attached hydrogen (secondary N) is 1. The number of anilines is 1. The van der Waals surface area contributed by atoms with Crippen LogP contribution in [0.2, 0.25) is 0 Å². The Morgan fingerprint density at radius 1 is 1.23 bits per heavy atom. The number of nitrogens with zero attached hydrogens (tertiary/aromatic N) is 1. The fourth-order valence-electron chi connectivity index (χ4n) is 1.77. The van der Waals surface area contributed by atoms with Gasteiger partial charge in [0.05, 0.1) is 12.0 Å². The van der Waals surface area contributed by atoms with Crippen LogP contribution >= 0.6 is 0 Å². The third-order valence-corrected chi connectivity index (χ3v) is 4.32. The Morgan fingerprint density at radius 2 is 1.86 bits per heavy atom. The third kappa shape index (κ3) is 3.56. The lowest BCUT2D eigenvalue weighted by Gasteiger charge is -2.12. The lowest BCUT2D eigenvalue weighted by atomic mass is 9.81. The molecule has 1 aromatic heterocycles. The number of benzene rings is 1. The summed E-state index contributed by atoms with van der Waals surface area (Å²) < 4.78 is 32.0. The normalized spacial score (nSPS) is 11.1. The van der Waals surface area contributed by atoms with Gasteiger partial charge in [0.1, 0.15) is 5.69 Å². The average molecular weight is 322 g/mol. The van der Waals surface area contributed by atoms with Gasteiger partial charge in [0.15, 0.2) is 0 Å². The second-order valence-electron chi connectivity index (χ2n) is 4.62. The Bertz CT molecular complexity index is 762. The molecule has 0 radical (unpaired) electrons. The van der Waals surface area contributed by atoms with Crippen molar-refractivity contribution in [1.29, 1.82) is 0 Å². The maximum atomic E-state index is 12.3. The molecular weight excluding hydrogens is 307 g/mol. The highest BCUT2D eigenvalue weighted by atomic mass is 32.2. The van der Waals surface area contributed by atoms with Crippen LogP contribution in [0.4, 0.5) is 5.69 Å². The van der Waals surface area contributed by atoms with Crippen molar-refractivity contribution < 1.29 is 23.2 Å². The summed E-state index contributed by atoms with van der Waals surface area (Å²) in [5, 5.41) is 18.3. The first kappa shape index (κ1) is 16.3. The van der Waals surface area contributed by atoms with Crippen molar-refractivity contribution in [3.05, 3.63) is 42.1 Å². The highest BCUT2D eigenvalue weighted by Gasteiger charge is 2.20. The van der Waals surface area contributed by atoms with Gasteiger partial charge in [-0.15, -0.1) is 0 Å². The summed E-state index contributed by atoms with van der Waals surface area (Å²) >= 11 is 0. The van der Waals surface area contributed by atoms with Crippen LogP contribution in [0.15, 0.2) is 41.4 Å². The zero-order valence-corrected chi connectivity index (χ0v) is 12.8. The van der Waals surface area contributed by atoms with Gasteiger partial charge < -0.3 is 14.8 Å². The molecule has 3 N–H and O–H groups in total. The van der Waals surface area contributed by atoms with Gasteiger partial charge in [0, 0.05) is 11.7 Å². The summed E-state index contributed by atoms with van der Waals surface area (Å²) in [5.41, 5.74) is 1.000. The highest BCUT2D eigenvalue weighted by molar-refractivity contribution is 7.92. The van der Waals surface area contributed by atoms with Crippen LogP contribution in [0.25, 0.3) is 0 Å². The molecular formula is C13H15BN2O5S. The summed E-state index contributed by atoms with van der Waals surface area (Å²) in [7, 11) is -4.27. The monoisotopic (exact) mass is 322 g/mol. The molecule has 2 aromatic rings. The van der Waals surface area contributed by atoms with Crippen LogP contribution in [-0.4, -0.2) is 37.7 Å². The smallest absolute Gasteiger partial charge is 0.480 e. The topological polar surface area (TPSA) is 109 Å². The van der Waals surface area contributed by atoms with E-state index in [1.54, 1.807) is 12.1 Å². The molecule has 0 bridgehead atoms. The lowest BCUT2D eigenvalue weighted by Crippen LogP contribution is -2.31. The quantitative estimate of drug-likeness (QED) is 0.662. The molecule has 0 aliphatic heterocycles. The number of aryl methyl sites for hydroxylation is 1. The summed E-state index contributed by atoms with van der Waals surface area (Å²) in [5.74, 6) is 0.0279. The fraction of sp³-hybridized carbons (Fsp3) is 0.154. The van der Waals surface area contributed by atoms with E-state index < -0.39 is 17.1 Å². The van der Waals surface area contributed by atoms with E-state index in [0.29, 0.717) is 0 Å². The van der Waals surface area contributed by atoms with Gasteiger partial charge in [-0.25, -0.2) is 13.4 Å². The van der Waals surface area contributed by atoms with E-state index in [1.807, 2.05) is 6.92 Å². The van der Waals surface area contributed by atoms with Crippen molar-refractivity contribution in [3.8, 4) is 5.88 Å². The van der Waals surface area contributed by atoms with Gasteiger partial charge >= 0.3 is 7.12 Å². The second-order valence-corrected chi connectivity index (χ2v) is 6.30. The van der Waals surface area contributed by atoms with Crippen molar-refractivity contribution in [2.45, 2.75) is 11.8 Å². The molecule has 0 atom stereocenters. The van der Waals surface area contributed by atoms with E-state index >= 15 is 0 Å². The van der Waals surface area contributed by atoms with E-state index in [4.69, 9.17) is 14.8 Å². The Kier molecular flexibility index (Phi) is 4.70. The van der Waals surface area contributed by atoms with Crippen molar-refractivity contribution in [3.63, 3.8) is 0 Å². The van der Waals surface area contributed by atoms with Crippen molar-refractivity contribution >= 4 is 28.3 Å². The van der Waals surface area contributed by atoms with E-state index in [2.05, 4.69) is 9.71 Å². The van der Waals surface area contributed by atoms with Gasteiger partial charge in [-0.05, 0) is 25.1 Å². The molecule has 0 aliphatic rings. The SMILES string of the molecule is COc1ncc(B(O)O)cc1NS(=O)(=O)c1ccc(C)cc1. The highest BCUT2D eigenvalue weighted by Crippen LogP contribution is 2.23. The second kappa shape index (κ2) is 6.35. The van der Waals surface area contributed by atoms with Crippen LogP contribution in [0, 0.1) is 6.92 Å².